The van der Waals surface area contributed by atoms with Gasteiger partial charge in [0.15, 0.2) is 0 Å². The van der Waals surface area contributed by atoms with Crippen LogP contribution in [0, 0.1) is 13.8 Å². The fourth-order valence-electron chi connectivity index (χ4n) is 4.27. The molecular weight excluding hydrogens is 358 g/mol. The molecule has 0 spiro atoms. The van der Waals surface area contributed by atoms with Crippen molar-refractivity contribution in [2.24, 2.45) is 0 Å². The number of aryl methyl sites for hydroxylation is 3. The molecule has 4 nitrogen and oxygen atoms in total. The normalized spacial score (nSPS) is 19.3. The lowest BCUT2D eigenvalue weighted by atomic mass is 10.0. The Morgan fingerprint density at radius 2 is 1.69 bits per heavy atom. The number of hydrogen-bond acceptors (Lipinski definition) is 3. The predicted molar refractivity (Wildman–Crippen MR) is 122 cm³/mol. The van der Waals surface area contributed by atoms with Crippen LogP contribution in [0.5, 0.6) is 0 Å². The van der Waals surface area contributed by atoms with E-state index < -0.39 is 0 Å². The van der Waals surface area contributed by atoms with E-state index in [0.717, 1.165) is 43.9 Å². The molecule has 0 bridgehead atoms. The van der Waals surface area contributed by atoms with Gasteiger partial charge in [-0.1, -0.05) is 26.0 Å². The van der Waals surface area contributed by atoms with Gasteiger partial charge >= 0.3 is 0 Å². The third-order valence-corrected chi connectivity index (χ3v) is 6.19. The van der Waals surface area contributed by atoms with Gasteiger partial charge in [-0.05, 0) is 80.3 Å². The number of likely N-dealkylation sites (N-methyl/N-ethyl adjacent to an activating group) is 1. The Morgan fingerprint density at radius 1 is 0.966 bits per heavy atom. The van der Waals surface area contributed by atoms with Crippen molar-refractivity contribution in [3.8, 4) is 0 Å². The SMILES string of the molecule is CC.Cc1ccc(C(=O)Nc2ccc3c(c2)CCC3N2CCN(C)CC2)cc1C. The first-order valence-electron chi connectivity index (χ1n) is 11.0. The van der Waals surface area contributed by atoms with Crippen LogP contribution in [0.4, 0.5) is 5.69 Å². The lowest BCUT2D eigenvalue weighted by Crippen LogP contribution is -2.45. The zero-order chi connectivity index (χ0) is 21.0. The zero-order valence-corrected chi connectivity index (χ0v) is 18.6. The summed E-state index contributed by atoms with van der Waals surface area (Å²) in [5, 5.41) is 3.08. The number of anilines is 1. The highest BCUT2D eigenvalue weighted by Gasteiger charge is 2.29. The molecule has 1 atom stereocenters. The van der Waals surface area contributed by atoms with Gasteiger partial charge in [0.05, 0.1) is 0 Å². The van der Waals surface area contributed by atoms with Crippen molar-refractivity contribution in [1.29, 1.82) is 0 Å². The monoisotopic (exact) mass is 393 g/mol. The van der Waals surface area contributed by atoms with Crippen molar-refractivity contribution in [2.75, 3.05) is 38.5 Å². The van der Waals surface area contributed by atoms with Crippen molar-refractivity contribution < 1.29 is 4.79 Å². The van der Waals surface area contributed by atoms with E-state index in [1.165, 1.54) is 23.1 Å². The van der Waals surface area contributed by atoms with Gasteiger partial charge in [-0.2, -0.15) is 0 Å². The van der Waals surface area contributed by atoms with Crippen LogP contribution in [0.15, 0.2) is 36.4 Å². The average Bonchev–Trinajstić information content (AvgIpc) is 3.15. The first-order valence-corrected chi connectivity index (χ1v) is 11.0. The summed E-state index contributed by atoms with van der Waals surface area (Å²) in [6.07, 6.45) is 2.29. The van der Waals surface area contributed by atoms with Crippen LogP contribution in [-0.2, 0) is 6.42 Å². The van der Waals surface area contributed by atoms with Crippen LogP contribution in [0.1, 0.15) is 58.9 Å². The Bertz CT molecular complexity index is 853. The summed E-state index contributed by atoms with van der Waals surface area (Å²) >= 11 is 0. The molecule has 1 unspecified atom stereocenters. The van der Waals surface area contributed by atoms with Gasteiger partial charge < -0.3 is 10.2 Å². The molecule has 156 valence electrons. The molecule has 1 saturated heterocycles. The molecule has 0 radical (unpaired) electrons. The maximum Gasteiger partial charge on any atom is 0.255 e. The number of carbonyl (C=O) groups is 1. The molecule has 1 heterocycles. The van der Waals surface area contributed by atoms with Gasteiger partial charge in [-0.15, -0.1) is 0 Å². The molecule has 4 heteroatoms. The first-order chi connectivity index (χ1) is 14.0. The van der Waals surface area contributed by atoms with E-state index in [1.54, 1.807) is 0 Å². The van der Waals surface area contributed by atoms with Crippen LogP contribution in [0.3, 0.4) is 0 Å². The standard InChI is InChI=1S/C23H29N3O.C2H6/c1-16-4-5-19(14-17(16)2)23(27)24-20-7-8-21-18(15-20)6-9-22(21)26-12-10-25(3)11-13-26;1-2/h4-5,7-8,14-15,22H,6,9-13H2,1-3H3,(H,24,27);1-2H3. The highest BCUT2D eigenvalue weighted by molar-refractivity contribution is 6.04. The second kappa shape index (κ2) is 9.55. The molecule has 2 aromatic carbocycles. The minimum Gasteiger partial charge on any atom is -0.322 e. The number of fused-ring (bicyclic) bond motifs is 1. The minimum atomic E-state index is -0.0355. The van der Waals surface area contributed by atoms with Gasteiger partial charge in [-0.25, -0.2) is 0 Å². The second-order valence-electron chi connectivity index (χ2n) is 8.06. The Balaban J connectivity index is 0.00000117. The van der Waals surface area contributed by atoms with Crippen molar-refractivity contribution in [1.82, 2.24) is 9.80 Å². The van der Waals surface area contributed by atoms with E-state index in [1.807, 2.05) is 39.0 Å². The predicted octanol–water partition coefficient (Wildman–Crippen LogP) is 4.82. The number of benzene rings is 2. The van der Waals surface area contributed by atoms with Gasteiger partial charge in [-0.3, -0.25) is 9.69 Å². The number of nitrogens with one attached hydrogen (secondary N) is 1. The van der Waals surface area contributed by atoms with Gasteiger partial charge in [0.1, 0.15) is 0 Å². The molecular formula is C25H35N3O. The molecule has 2 aromatic rings. The van der Waals surface area contributed by atoms with Crippen LogP contribution in [-0.4, -0.2) is 48.9 Å². The van der Waals surface area contributed by atoms with Gasteiger partial charge in [0, 0.05) is 43.5 Å². The van der Waals surface area contributed by atoms with Crippen LogP contribution in [0.25, 0.3) is 0 Å². The van der Waals surface area contributed by atoms with Crippen molar-refractivity contribution in [3.05, 3.63) is 64.2 Å². The molecule has 4 rings (SSSR count). The lowest BCUT2D eigenvalue weighted by Gasteiger charge is -2.36. The molecule has 1 aliphatic heterocycles. The Kier molecular flexibility index (Phi) is 7.09. The van der Waals surface area contributed by atoms with Crippen molar-refractivity contribution in [3.63, 3.8) is 0 Å². The molecule has 2 aliphatic rings. The summed E-state index contributed by atoms with van der Waals surface area (Å²) in [6, 6.07) is 12.9. The number of rotatable bonds is 3. The third-order valence-electron chi connectivity index (χ3n) is 6.19. The molecule has 0 saturated carbocycles. The van der Waals surface area contributed by atoms with Gasteiger partial charge in [0.2, 0.25) is 0 Å². The smallest absolute Gasteiger partial charge is 0.255 e. The molecule has 29 heavy (non-hydrogen) atoms. The summed E-state index contributed by atoms with van der Waals surface area (Å²) in [5.74, 6) is -0.0355. The van der Waals surface area contributed by atoms with E-state index >= 15 is 0 Å². The molecule has 1 aliphatic carbocycles. The number of nitrogens with zero attached hydrogens (tertiary/aromatic N) is 2. The van der Waals surface area contributed by atoms with Gasteiger partial charge in [0.25, 0.3) is 5.91 Å². The van der Waals surface area contributed by atoms with E-state index in [-0.39, 0.29) is 5.91 Å². The quantitative estimate of drug-likeness (QED) is 0.812. The summed E-state index contributed by atoms with van der Waals surface area (Å²) in [4.78, 5) is 17.6. The Hall–Kier alpha value is -2.17. The number of amides is 1. The van der Waals surface area contributed by atoms with E-state index in [4.69, 9.17) is 0 Å². The van der Waals surface area contributed by atoms with Crippen molar-refractivity contribution in [2.45, 2.75) is 46.6 Å². The number of piperazine rings is 1. The van der Waals surface area contributed by atoms with E-state index in [2.05, 4.69) is 47.3 Å². The Labute approximate surface area is 175 Å². The summed E-state index contributed by atoms with van der Waals surface area (Å²) in [6.45, 7) is 12.7. The van der Waals surface area contributed by atoms with Crippen molar-refractivity contribution >= 4 is 11.6 Å². The number of carbonyl (C=O) groups excluding carboxylic acids is 1. The van der Waals surface area contributed by atoms with Crippen LogP contribution in [0.2, 0.25) is 0 Å². The highest BCUT2D eigenvalue weighted by atomic mass is 16.1. The molecule has 1 fully saturated rings. The topological polar surface area (TPSA) is 35.6 Å². The van der Waals surface area contributed by atoms with Crippen LogP contribution >= 0.6 is 0 Å². The summed E-state index contributed by atoms with van der Waals surface area (Å²) in [5.41, 5.74) is 6.80. The van der Waals surface area contributed by atoms with E-state index in [0.29, 0.717) is 11.6 Å². The largest absolute Gasteiger partial charge is 0.322 e. The Morgan fingerprint density at radius 3 is 2.38 bits per heavy atom. The molecule has 1 N–H and O–H groups in total. The summed E-state index contributed by atoms with van der Waals surface area (Å²) in [7, 11) is 2.20. The maximum atomic E-state index is 12.6. The zero-order valence-electron chi connectivity index (χ0n) is 18.6. The summed E-state index contributed by atoms with van der Waals surface area (Å²) < 4.78 is 0. The first kappa shape index (κ1) is 21.5. The lowest BCUT2D eigenvalue weighted by molar-refractivity contribution is 0.102. The van der Waals surface area contributed by atoms with E-state index in [9.17, 15) is 4.79 Å². The molecule has 1 amide bonds. The maximum absolute atomic E-state index is 12.6. The minimum absolute atomic E-state index is 0.0355. The van der Waals surface area contributed by atoms with Crippen LogP contribution < -0.4 is 5.32 Å². The fourth-order valence-corrected chi connectivity index (χ4v) is 4.27. The molecule has 0 aromatic heterocycles. The third kappa shape index (κ3) is 4.88. The number of hydrogen-bond donors (Lipinski definition) is 1. The average molecular weight is 394 g/mol. The highest BCUT2D eigenvalue weighted by Crippen LogP contribution is 2.37. The second-order valence-corrected chi connectivity index (χ2v) is 8.06. The fraction of sp³-hybridized carbons (Fsp3) is 0.480.